The Labute approximate surface area is 102 Å². The third-order valence-corrected chi connectivity index (χ3v) is 2.62. The summed E-state index contributed by atoms with van der Waals surface area (Å²) in [5.41, 5.74) is 1.84. The van der Waals surface area contributed by atoms with Crippen molar-refractivity contribution in [2.75, 3.05) is 6.61 Å². The van der Waals surface area contributed by atoms with Crippen molar-refractivity contribution in [2.24, 2.45) is 0 Å². The van der Waals surface area contributed by atoms with E-state index in [0.717, 1.165) is 18.6 Å². The zero-order chi connectivity index (χ0) is 12.7. The number of nitro benzene ring substituents is 1. The molecule has 0 unspecified atom stereocenters. The molecule has 0 saturated heterocycles. The molecule has 0 aromatic heterocycles. The van der Waals surface area contributed by atoms with Crippen LogP contribution in [-0.2, 0) is 11.3 Å². The predicted molar refractivity (Wildman–Crippen MR) is 67.0 cm³/mol. The van der Waals surface area contributed by atoms with Crippen molar-refractivity contribution in [2.45, 2.75) is 39.7 Å². The Morgan fingerprint density at radius 3 is 2.71 bits per heavy atom. The monoisotopic (exact) mass is 237 g/mol. The second kappa shape index (κ2) is 7.01. The maximum absolute atomic E-state index is 10.6. The van der Waals surface area contributed by atoms with Crippen LogP contribution >= 0.6 is 0 Å². The molecule has 0 spiro atoms. The van der Waals surface area contributed by atoms with Gasteiger partial charge in [-0.3, -0.25) is 10.1 Å². The molecule has 1 aromatic carbocycles. The number of aryl methyl sites for hydroxylation is 1. The van der Waals surface area contributed by atoms with Crippen molar-refractivity contribution in [3.63, 3.8) is 0 Å². The van der Waals surface area contributed by atoms with Crippen LogP contribution in [0.3, 0.4) is 0 Å². The molecule has 0 fully saturated rings. The summed E-state index contributed by atoms with van der Waals surface area (Å²) < 4.78 is 5.51. The summed E-state index contributed by atoms with van der Waals surface area (Å²) in [5, 5.41) is 10.6. The van der Waals surface area contributed by atoms with Gasteiger partial charge in [-0.1, -0.05) is 19.8 Å². The number of unbranched alkanes of at least 4 members (excludes halogenated alkanes) is 2. The van der Waals surface area contributed by atoms with Gasteiger partial charge in [0.1, 0.15) is 0 Å². The van der Waals surface area contributed by atoms with Crippen LogP contribution in [0.2, 0.25) is 0 Å². The Morgan fingerprint density at radius 1 is 1.35 bits per heavy atom. The third-order valence-electron chi connectivity index (χ3n) is 2.62. The zero-order valence-electron chi connectivity index (χ0n) is 10.4. The van der Waals surface area contributed by atoms with Crippen LogP contribution in [0.1, 0.15) is 37.3 Å². The largest absolute Gasteiger partial charge is 0.377 e. The molecular formula is C13H19NO3. The fourth-order valence-electron chi connectivity index (χ4n) is 1.66. The minimum atomic E-state index is -0.360. The average molecular weight is 237 g/mol. The first kappa shape index (κ1) is 13.6. The van der Waals surface area contributed by atoms with Crippen molar-refractivity contribution in [3.8, 4) is 0 Å². The smallest absolute Gasteiger partial charge is 0.272 e. The Kier molecular flexibility index (Phi) is 5.63. The standard InChI is InChI=1S/C13H19NO3/c1-3-4-5-8-17-10-12-6-7-13(14(15)16)11(2)9-12/h6-7,9H,3-5,8,10H2,1-2H3. The highest BCUT2D eigenvalue weighted by Gasteiger charge is 2.09. The molecular weight excluding hydrogens is 218 g/mol. The summed E-state index contributed by atoms with van der Waals surface area (Å²) in [6.07, 6.45) is 3.43. The van der Waals surface area contributed by atoms with Gasteiger partial charge in [-0.25, -0.2) is 0 Å². The highest BCUT2D eigenvalue weighted by atomic mass is 16.6. The molecule has 0 atom stereocenters. The quantitative estimate of drug-likeness (QED) is 0.413. The van der Waals surface area contributed by atoms with Gasteiger partial charge >= 0.3 is 0 Å². The SMILES string of the molecule is CCCCCOCc1ccc([N+](=O)[O-])c(C)c1. The van der Waals surface area contributed by atoms with E-state index in [-0.39, 0.29) is 10.6 Å². The van der Waals surface area contributed by atoms with E-state index in [9.17, 15) is 10.1 Å². The lowest BCUT2D eigenvalue weighted by Gasteiger charge is -2.05. The van der Waals surface area contributed by atoms with Gasteiger partial charge in [0.05, 0.1) is 11.5 Å². The second-order valence-electron chi connectivity index (χ2n) is 4.14. The summed E-state index contributed by atoms with van der Waals surface area (Å²) in [4.78, 5) is 10.3. The molecule has 0 radical (unpaired) electrons. The topological polar surface area (TPSA) is 52.4 Å². The second-order valence-corrected chi connectivity index (χ2v) is 4.14. The average Bonchev–Trinajstić information content (AvgIpc) is 2.28. The normalized spacial score (nSPS) is 10.5. The van der Waals surface area contributed by atoms with Crippen molar-refractivity contribution >= 4 is 5.69 Å². The van der Waals surface area contributed by atoms with E-state index in [0.29, 0.717) is 12.2 Å². The van der Waals surface area contributed by atoms with Gasteiger partial charge in [-0.05, 0) is 31.0 Å². The lowest BCUT2D eigenvalue weighted by molar-refractivity contribution is -0.385. The van der Waals surface area contributed by atoms with Gasteiger partial charge in [0.25, 0.3) is 5.69 Å². The van der Waals surface area contributed by atoms with Crippen LogP contribution in [0.5, 0.6) is 0 Å². The molecule has 0 bridgehead atoms. The Balaban J connectivity index is 2.45. The van der Waals surface area contributed by atoms with E-state index in [1.165, 1.54) is 12.8 Å². The van der Waals surface area contributed by atoms with Gasteiger partial charge < -0.3 is 4.74 Å². The maximum Gasteiger partial charge on any atom is 0.272 e. The number of hydrogen-bond acceptors (Lipinski definition) is 3. The van der Waals surface area contributed by atoms with Crippen molar-refractivity contribution in [1.82, 2.24) is 0 Å². The number of hydrogen-bond donors (Lipinski definition) is 0. The van der Waals surface area contributed by atoms with Crippen LogP contribution in [0.25, 0.3) is 0 Å². The Morgan fingerprint density at radius 2 is 2.12 bits per heavy atom. The summed E-state index contributed by atoms with van der Waals surface area (Å²) >= 11 is 0. The number of rotatable bonds is 7. The van der Waals surface area contributed by atoms with Crippen LogP contribution in [0, 0.1) is 17.0 Å². The molecule has 4 nitrogen and oxygen atoms in total. The Bertz CT molecular complexity index is 377. The van der Waals surface area contributed by atoms with Crippen LogP contribution in [-0.4, -0.2) is 11.5 Å². The molecule has 94 valence electrons. The molecule has 17 heavy (non-hydrogen) atoms. The number of nitro groups is 1. The van der Waals surface area contributed by atoms with Crippen molar-refractivity contribution < 1.29 is 9.66 Å². The van der Waals surface area contributed by atoms with Crippen LogP contribution in [0.4, 0.5) is 5.69 Å². The van der Waals surface area contributed by atoms with E-state index >= 15 is 0 Å². The highest BCUT2D eigenvalue weighted by Crippen LogP contribution is 2.19. The van der Waals surface area contributed by atoms with E-state index in [2.05, 4.69) is 6.92 Å². The highest BCUT2D eigenvalue weighted by molar-refractivity contribution is 5.41. The number of ether oxygens (including phenoxy) is 1. The van der Waals surface area contributed by atoms with E-state index in [4.69, 9.17) is 4.74 Å². The van der Waals surface area contributed by atoms with E-state index in [1.54, 1.807) is 19.1 Å². The van der Waals surface area contributed by atoms with Gasteiger partial charge in [-0.2, -0.15) is 0 Å². The molecule has 4 heteroatoms. The molecule has 0 aliphatic carbocycles. The molecule has 1 rings (SSSR count). The molecule has 0 aliphatic heterocycles. The summed E-state index contributed by atoms with van der Waals surface area (Å²) in [6.45, 7) is 5.19. The predicted octanol–water partition coefficient (Wildman–Crippen LogP) is 3.61. The lowest BCUT2D eigenvalue weighted by atomic mass is 10.1. The van der Waals surface area contributed by atoms with E-state index in [1.807, 2.05) is 6.07 Å². The summed E-state index contributed by atoms with van der Waals surface area (Å²) in [7, 11) is 0. The van der Waals surface area contributed by atoms with Crippen molar-refractivity contribution in [1.29, 1.82) is 0 Å². The van der Waals surface area contributed by atoms with Gasteiger partial charge in [-0.15, -0.1) is 0 Å². The van der Waals surface area contributed by atoms with E-state index < -0.39 is 0 Å². The van der Waals surface area contributed by atoms with Crippen LogP contribution in [0.15, 0.2) is 18.2 Å². The minimum absolute atomic E-state index is 0.166. The first-order valence-electron chi connectivity index (χ1n) is 5.96. The molecule has 0 saturated carbocycles. The minimum Gasteiger partial charge on any atom is -0.377 e. The number of benzene rings is 1. The fraction of sp³-hybridized carbons (Fsp3) is 0.538. The van der Waals surface area contributed by atoms with Crippen LogP contribution < -0.4 is 0 Å². The van der Waals surface area contributed by atoms with Gasteiger partial charge in [0.15, 0.2) is 0 Å². The summed E-state index contributed by atoms with van der Waals surface area (Å²) in [5.74, 6) is 0. The third kappa shape index (κ3) is 4.53. The fourth-order valence-corrected chi connectivity index (χ4v) is 1.66. The number of nitrogens with zero attached hydrogens (tertiary/aromatic N) is 1. The first-order valence-corrected chi connectivity index (χ1v) is 5.96. The van der Waals surface area contributed by atoms with Gasteiger partial charge in [0.2, 0.25) is 0 Å². The zero-order valence-corrected chi connectivity index (χ0v) is 10.4. The molecule has 1 aromatic rings. The lowest BCUT2D eigenvalue weighted by Crippen LogP contribution is -1.97. The molecule has 0 heterocycles. The maximum atomic E-state index is 10.6. The van der Waals surface area contributed by atoms with Gasteiger partial charge in [0, 0.05) is 18.2 Å². The molecule has 0 aliphatic rings. The summed E-state index contributed by atoms with van der Waals surface area (Å²) in [6, 6.07) is 5.11. The Hall–Kier alpha value is -1.42. The molecule has 0 amide bonds. The first-order chi connectivity index (χ1) is 8.15. The van der Waals surface area contributed by atoms with Crippen molar-refractivity contribution in [3.05, 3.63) is 39.4 Å². The molecule has 0 N–H and O–H groups in total.